The molecule has 2 rings (SSSR count). The Bertz CT molecular complexity index is 409. The highest BCUT2D eigenvalue weighted by Gasteiger charge is 2.04. The molecule has 0 aromatic carbocycles. The van der Waals surface area contributed by atoms with Crippen LogP contribution in [0.25, 0.3) is 5.65 Å². The molecule has 0 amide bonds. The van der Waals surface area contributed by atoms with E-state index in [-0.39, 0.29) is 0 Å². The molecule has 0 aliphatic carbocycles. The van der Waals surface area contributed by atoms with Crippen LogP contribution in [0.1, 0.15) is 5.82 Å². The van der Waals surface area contributed by atoms with Crippen molar-refractivity contribution in [3.05, 3.63) is 29.2 Å². The largest absolute Gasteiger partial charge is 0.324 e. The van der Waals surface area contributed by atoms with Crippen molar-refractivity contribution in [2.45, 2.75) is 6.54 Å². The fraction of sp³-hybridized carbons (Fsp3) is 0.143. The summed E-state index contributed by atoms with van der Waals surface area (Å²) in [7, 11) is 0. The zero-order chi connectivity index (χ0) is 8.55. The molecule has 0 aliphatic heterocycles. The summed E-state index contributed by atoms with van der Waals surface area (Å²) in [6.45, 7) is 0.338. The SMILES string of the molecule is NCc1nnc2cccc(Cl)n12. The van der Waals surface area contributed by atoms with Crippen molar-refractivity contribution in [1.82, 2.24) is 14.6 Å². The molecule has 0 fully saturated rings. The first-order valence-electron chi connectivity index (χ1n) is 3.51. The summed E-state index contributed by atoms with van der Waals surface area (Å²) in [6.07, 6.45) is 0. The van der Waals surface area contributed by atoms with Gasteiger partial charge in [-0.1, -0.05) is 17.7 Å². The quantitative estimate of drug-likeness (QED) is 0.665. The number of rotatable bonds is 1. The van der Waals surface area contributed by atoms with Crippen LogP contribution in [-0.4, -0.2) is 14.6 Å². The monoisotopic (exact) mass is 182 g/mol. The lowest BCUT2D eigenvalue weighted by molar-refractivity contribution is 0.883. The van der Waals surface area contributed by atoms with E-state index in [9.17, 15) is 0 Å². The number of aromatic nitrogens is 3. The van der Waals surface area contributed by atoms with Crippen molar-refractivity contribution in [3.8, 4) is 0 Å². The van der Waals surface area contributed by atoms with E-state index in [2.05, 4.69) is 10.2 Å². The van der Waals surface area contributed by atoms with Gasteiger partial charge in [0.05, 0.1) is 6.54 Å². The van der Waals surface area contributed by atoms with Crippen molar-refractivity contribution in [2.24, 2.45) is 5.73 Å². The van der Waals surface area contributed by atoms with Crippen LogP contribution in [0.4, 0.5) is 0 Å². The third kappa shape index (κ3) is 0.964. The Kier molecular flexibility index (Phi) is 1.71. The van der Waals surface area contributed by atoms with E-state index in [1.54, 1.807) is 10.5 Å². The van der Waals surface area contributed by atoms with Crippen LogP contribution in [0.3, 0.4) is 0 Å². The first kappa shape index (κ1) is 7.52. The molecule has 0 unspecified atom stereocenters. The lowest BCUT2D eigenvalue weighted by Gasteiger charge is -1.97. The highest BCUT2D eigenvalue weighted by atomic mass is 35.5. The van der Waals surface area contributed by atoms with Gasteiger partial charge in [0.25, 0.3) is 0 Å². The smallest absolute Gasteiger partial charge is 0.161 e. The van der Waals surface area contributed by atoms with Crippen molar-refractivity contribution in [1.29, 1.82) is 0 Å². The van der Waals surface area contributed by atoms with Gasteiger partial charge in [0.15, 0.2) is 11.5 Å². The second-order valence-corrected chi connectivity index (χ2v) is 2.75. The van der Waals surface area contributed by atoms with E-state index in [1.807, 2.05) is 12.1 Å². The molecule has 0 atom stereocenters. The molecule has 4 nitrogen and oxygen atoms in total. The van der Waals surface area contributed by atoms with Crippen molar-refractivity contribution in [2.75, 3.05) is 0 Å². The zero-order valence-corrected chi connectivity index (χ0v) is 6.99. The molecular weight excluding hydrogens is 176 g/mol. The maximum Gasteiger partial charge on any atom is 0.161 e. The molecule has 12 heavy (non-hydrogen) atoms. The van der Waals surface area contributed by atoms with Gasteiger partial charge in [0, 0.05) is 0 Å². The molecule has 0 spiro atoms. The molecule has 0 saturated carbocycles. The Balaban J connectivity index is 2.83. The first-order valence-corrected chi connectivity index (χ1v) is 3.89. The highest BCUT2D eigenvalue weighted by Crippen LogP contribution is 2.12. The van der Waals surface area contributed by atoms with E-state index in [0.29, 0.717) is 17.5 Å². The van der Waals surface area contributed by atoms with Crippen LogP contribution in [0.2, 0.25) is 5.15 Å². The van der Waals surface area contributed by atoms with Crippen LogP contribution in [0.5, 0.6) is 0 Å². The van der Waals surface area contributed by atoms with E-state index in [4.69, 9.17) is 17.3 Å². The Morgan fingerprint density at radius 2 is 2.25 bits per heavy atom. The van der Waals surface area contributed by atoms with Crippen molar-refractivity contribution in [3.63, 3.8) is 0 Å². The predicted octanol–water partition coefficient (Wildman–Crippen LogP) is 0.841. The topological polar surface area (TPSA) is 56.2 Å². The van der Waals surface area contributed by atoms with Crippen molar-refractivity contribution >= 4 is 17.2 Å². The van der Waals surface area contributed by atoms with Gasteiger partial charge in [-0.05, 0) is 12.1 Å². The Hall–Kier alpha value is -1.13. The van der Waals surface area contributed by atoms with E-state index in [0.717, 1.165) is 5.65 Å². The summed E-state index contributed by atoms with van der Waals surface area (Å²) in [6, 6.07) is 5.43. The van der Waals surface area contributed by atoms with Crippen LogP contribution >= 0.6 is 11.6 Å². The molecule has 0 saturated heterocycles. The molecule has 2 aromatic heterocycles. The number of nitrogens with zero attached hydrogens (tertiary/aromatic N) is 3. The van der Waals surface area contributed by atoms with Gasteiger partial charge in [-0.15, -0.1) is 10.2 Å². The first-order chi connectivity index (χ1) is 5.83. The molecule has 0 radical (unpaired) electrons. The fourth-order valence-corrected chi connectivity index (χ4v) is 1.35. The number of hydrogen-bond donors (Lipinski definition) is 1. The van der Waals surface area contributed by atoms with Gasteiger partial charge < -0.3 is 5.73 Å². The summed E-state index contributed by atoms with van der Waals surface area (Å²) in [4.78, 5) is 0. The number of nitrogens with two attached hydrogens (primary N) is 1. The number of pyridine rings is 1. The summed E-state index contributed by atoms with van der Waals surface area (Å²) >= 11 is 5.91. The standard InChI is InChI=1S/C7H7ClN4/c8-5-2-1-3-6-10-11-7(4-9)12(5)6/h1-3H,4,9H2. The lowest BCUT2D eigenvalue weighted by atomic mass is 10.4. The van der Waals surface area contributed by atoms with Gasteiger partial charge in [0.2, 0.25) is 0 Å². The summed E-state index contributed by atoms with van der Waals surface area (Å²) < 4.78 is 1.72. The van der Waals surface area contributed by atoms with E-state index in [1.165, 1.54) is 0 Å². The normalized spacial score (nSPS) is 10.8. The van der Waals surface area contributed by atoms with Crippen molar-refractivity contribution < 1.29 is 0 Å². The Morgan fingerprint density at radius 1 is 1.42 bits per heavy atom. The van der Waals surface area contributed by atoms with Crippen LogP contribution in [-0.2, 0) is 6.54 Å². The zero-order valence-electron chi connectivity index (χ0n) is 6.24. The maximum atomic E-state index is 5.91. The Morgan fingerprint density at radius 3 is 3.00 bits per heavy atom. The minimum absolute atomic E-state index is 0.338. The molecule has 5 heteroatoms. The fourth-order valence-electron chi connectivity index (χ4n) is 1.09. The molecule has 62 valence electrons. The molecule has 2 N–H and O–H groups in total. The third-order valence-corrected chi connectivity index (χ3v) is 1.93. The molecular formula is C7H7ClN4. The predicted molar refractivity (Wildman–Crippen MR) is 45.9 cm³/mol. The summed E-state index contributed by atoms with van der Waals surface area (Å²) in [5.74, 6) is 0.676. The Labute approximate surface area is 74.0 Å². The summed E-state index contributed by atoms with van der Waals surface area (Å²) in [5, 5.41) is 8.36. The average molecular weight is 183 g/mol. The second-order valence-electron chi connectivity index (χ2n) is 2.36. The number of hydrogen-bond acceptors (Lipinski definition) is 3. The maximum absolute atomic E-state index is 5.91. The lowest BCUT2D eigenvalue weighted by Crippen LogP contribution is -2.02. The third-order valence-electron chi connectivity index (χ3n) is 1.63. The van der Waals surface area contributed by atoms with Gasteiger partial charge in [-0.3, -0.25) is 4.40 Å². The number of fused-ring (bicyclic) bond motifs is 1. The minimum atomic E-state index is 0.338. The van der Waals surface area contributed by atoms with E-state index >= 15 is 0 Å². The van der Waals surface area contributed by atoms with E-state index < -0.39 is 0 Å². The number of halogens is 1. The van der Waals surface area contributed by atoms with Crippen LogP contribution < -0.4 is 5.73 Å². The van der Waals surface area contributed by atoms with Gasteiger partial charge in [-0.25, -0.2) is 0 Å². The van der Waals surface area contributed by atoms with Crippen LogP contribution in [0.15, 0.2) is 18.2 Å². The van der Waals surface area contributed by atoms with Gasteiger partial charge in [0.1, 0.15) is 5.15 Å². The summed E-state index contributed by atoms with van der Waals surface area (Å²) in [5.41, 5.74) is 6.17. The molecule has 2 aromatic rings. The molecule has 2 heterocycles. The highest BCUT2D eigenvalue weighted by molar-refractivity contribution is 6.29. The van der Waals surface area contributed by atoms with Crippen LogP contribution in [0, 0.1) is 0 Å². The molecule has 0 aliphatic rings. The van der Waals surface area contributed by atoms with Gasteiger partial charge in [-0.2, -0.15) is 0 Å². The second kappa shape index (κ2) is 2.73. The van der Waals surface area contributed by atoms with Gasteiger partial charge >= 0.3 is 0 Å². The molecule has 0 bridgehead atoms. The minimum Gasteiger partial charge on any atom is -0.324 e. The average Bonchev–Trinajstić information content (AvgIpc) is 2.49.